The van der Waals surface area contributed by atoms with Crippen molar-refractivity contribution in [1.82, 2.24) is 5.32 Å². The molecule has 0 heterocycles. The molecule has 0 radical (unpaired) electrons. The van der Waals surface area contributed by atoms with E-state index in [4.69, 9.17) is 11.6 Å². The lowest BCUT2D eigenvalue weighted by molar-refractivity contribution is -0.385. The van der Waals surface area contributed by atoms with Gasteiger partial charge in [-0.05, 0) is 6.07 Å². The van der Waals surface area contributed by atoms with E-state index < -0.39 is 10.8 Å². The van der Waals surface area contributed by atoms with E-state index in [9.17, 15) is 14.9 Å². The van der Waals surface area contributed by atoms with Crippen LogP contribution < -0.4 is 5.32 Å². The van der Waals surface area contributed by atoms with Crippen LogP contribution in [0.2, 0.25) is 5.02 Å². The summed E-state index contributed by atoms with van der Waals surface area (Å²) in [5, 5.41) is 12.9. The Balaban J connectivity index is 3.36. The van der Waals surface area contributed by atoms with E-state index in [0.29, 0.717) is 0 Å². The van der Waals surface area contributed by atoms with E-state index in [1.807, 2.05) is 0 Å². The predicted octanol–water partition coefficient (Wildman–Crippen LogP) is 1.61. The average molecular weight is 215 g/mol. The van der Waals surface area contributed by atoms with E-state index in [1.54, 1.807) is 0 Å². The lowest BCUT2D eigenvalue weighted by Crippen LogP contribution is -2.19. The molecule has 0 saturated heterocycles. The fraction of sp³-hybridized carbons (Fsp3) is 0.125. The Labute approximate surface area is 84.8 Å². The van der Waals surface area contributed by atoms with Gasteiger partial charge in [-0.1, -0.05) is 17.7 Å². The van der Waals surface area contributed by atoms with Gasteiger partial charge in [0.15, 0.2) is 0 Å². The van der Waals surface area contributed by atoms with Gasteiger partial charge in [-0.3, -0.25) is 14.9 Å². The number of hydrogen-bond donors (Lipinski definition) is 1. The van der Waals surface area contributed by atoms with Crippen LogP contribution in [-0.4, -0.2) is 17.9 Å². The minimum absolute atomic E-state index is 0.0681. The van der Waals surface area contributed by atoms with Gasteiger partial charge in [0.25, 0.3) is 11.6 Å². The van der Waals surface area contributed by atoms with Gasteiger partial charge in [-0.15, -0.1) is 0 Å². The summed E-state index contributed by atoms with van der Waals surface area (Å²) in [6.07, 6.45) is 0. The van der Waals surface area contributed by atoms with Gasteiger partial charge in [0.2, 0.25) is 0 Å². The number of nitrogens with one attached hydrogen (secondary N) is 1. The summed E-state index contributed by atoms with van der Waals surface area (Å²) in [7, 11) is 1.38. The van der Waals surface area contributed by atoms with Crippen LogP contribution in [0.1, 0.15) is 10.4 Å². The van der Waals surface area contributed by atoms with Crippen molar-refractivity contribution in [2.45, 2.75) is 0 Å². The van der Waals surface area contributed by atoms with Crippen molar-refractivity contribution in [3.8, 4) is 0 Å². The zero-order valence-electron chi connectivity index (χ0n) is 7.28. The van der Waals surface area contributed by atoms with Crippen LogP contribution in [-0.2, 0) is 0 Å². The molecule has 14 heavy (non-hydrogen) atoms. The highest BCUT2D eigenvalue weighted by Crippen LogP contribution is 2.25. The van der Waals surface area contributed by atoms with Crippen LogP contribution in [0.4, 0.5) is 5.69 Å². The number of carbonyl (C=O) groups excluding carboxylic acids is 1. The molecule has 0 saturated carbocycles. The summed E-state index contributed by atoms with van der Waals surface area (Å²) in [4.78, 5) is 21.2. The third-order valence-electron chi connectivity index (χ3n) is 1.64. The largest absolute Gasteiger partial charge is 0.355 e. The predicted molar refractivity (Wildman–Crippen MR) is 51.5 cm³/mol. The highest BCUT2D eigenvalue weighted by Gasteiger charge is 2.21. The first kappa shape index (κ1) is 10.5. The van der Waals surface area contributed by atoms with E-state index in [1.165, 1.54) is 25.2 Å². The number of nitro groups is 1. The molecule has 74 valence electrons. The van der Waals surface area contributed by atoms with Gasteiger partial charge in [-0.2, -0.15) is 0 Å². The summed E-state index contributed by atoms with van der Waals surface area (Å²) < 4.78 is 0. The van der Waals surface area contributed by atoms with Crippen molar-refractivity contribution in [1.29, 1.82) is 0 Å². The molecule has 0 fully saturated rings. The second-order valence-electron chi connectivity index (χ2n) is 2.47. The molecule has 0 bridgehead atoms. The van der Waals surface area contributed by atoms with E-state index in [2.05, 4.69) is 5.32 Å². The molecule has 6 heteroatoms. The third kappa shape index (κ3) is 1.82. The molecule has 5 nitrogen and oxygen atoms in total. The Morgan fingerprint density at radius 1 is 1.57 bits per heavy atom. The van der Waals surface area contributed by atoms with Gasteiger partial charge < -0.3 is 5.32 Å². The number of benzene rings is 1. The molecule has 0 spiro atoms. The number of halogens is 1. The quantitative estimate of drug-likeness (QED) is 0.601. The summed E-state index contributed by atoms with van der Waals surface area (Å²) in [5.41, 5.74) is -0.404. The fourth-order valence-corrected chi connectivity index (χ4v) is 1.27. The monoisotopic (exact) mass is 214 g/mol. The molecule has 1 aromatic rings. The smallest absolute Gasteiger partial charge is 0.283 e. The zero-order chi connectivity index (χ0) is 10.7. The van der Waals surface area contributed by atoms with Crippen LogP contribution in [0.3, 0.4) is 0 Å². The molecule has 1 amide bonds. The van der Waals surface area contributed by atoms with Crippen molar-refractivity contribution in [2.75, 3.05) is 7.05 Å². The number of nitro benzene ring substituents is 1. The second kappa shape index (κ2) is 4.06. The maximum atomic E-state index is 11.3. The van der Waals surface area contributed by atoms with E-state index in [-0.39, 0.29) is 16.3 Å². The number of amides is 1. The SMILES string of the molecule is CNC(=O)c1c(Cl)cccc1[N+](=O)[O-]. The molecule has 1 rings (SSSR count). The standard InChI is InChI=1S/C8H7ClN2O3/c1-10-8(12)7-5(9)3-2-4-6(7)11(13)14/h2-4H,1H3,(H,10,12). The maximum absolute atomic E-state index is 11.3. The lowest BCUT2D eigenvalue weighted by atomic mass is 10.1. The first-order valence-electron chi connectivity index (χ1n) is 3.73. The average Bonchev–Trinajstić information content (AvgIpc) is 2.16. The van der Waals surface area contributed by atoms with Gasteiger partial charge in [0.1, 0.15) is 5.56 Å². The van der Waals surface area contributed by atoms with Gasteiger partial charge >= 0.3 is 0 Å². The molecule has 1 aromatic carbocycles. The van der Waals surface area contributed by atoms with Crippen LogP contribution in [0.25, 0.3) is 0 Å². The normalized spacial score (nSPS) is 9.57. The molecule has 0 aliphatic rings. The molecule has 0 atom stereocenters. The maximum Gasteiger partial charge on any atom is 0.283 e. The van der Waals surface area contributed by atoms with Crippen molar-refractivity contribution in [2.24, 2.45) is 0 Å². The van der Waals surface area contributed by atoms with Gasteiger partial charge in [0.05, 0.1) is 9.95 Å². The summed E-state index contributed by atoms with van der Waals surface area (Å²) in [6.45, 7) is 0. The summed E-state index contributed by atoms with van der Waals surface area (Å²) in [5.74, 6) is -0.567. The van der Waals surface area contributed by atoms with Crippen molar-refractivity contribution in [3.63, 3.8) is 0 Å². The van der Waals surface area contributed by atoms with Crippen molar-refractivity contribution in [3.05, 3.63) is 38.9 Å². The zero-order valence-corrected chi connectivity index (χ0v) is 8.04. The Morgan fingerprint density at radius 3 is 2.71 bits per heavy atom. The molecule has 0 unspecified atom stereocenters. The van der Waals surface area contributed by atoms with Crippen LogP contribution in [0.5, 0.6) is 0 Å². The summed E-state index contributed by atoms with van der Waals surface area (Å²) >= 11 is 5.68. The Kier molecular flexibility index (Phi) is 3.03. The van der Waals surface area contributed by atoms with Crippen molar-refractivity contribution >= 4 is 23.2 Å². The van der Waals surface area contributed by atoms with Crippen LogP contribution in [0.15, 0.2) is 18.2 Å². The minimum Gasteiger partial charge on any atom is -0.355 e. The molecule has 0 aliphatic carbocycles. The molecule has 0 aliphatic heterocycles. The number of rotatable bonds is 2. The van der Waals surface area contributed by atoms with E-state index in [0.717, 1.165) is 0 Å². The minimum atomic E-state index is -0.642. The third-order valence-corrected chi connectivity index (χ3v) is 1.96. The topological polar surface area (TPSA) is 72.2 Å². The first-order valence-corrected chi connectivity index (χ1v) is 4.10. The van der Waals surface area contributed by atoms with E-state index >= 15 is 0 Å². The van der Waals surface area contributed by atoms with Gasteiger partial charge in [0, 0.05) is 13.1 Å². The number of nitrogens with zero attached hydrogens (tertiary/aromatic N) is 1. The number of hydrogen-bond acceptors (Lipinski definition) is 3. The summed E-state index contributed by atoms with van der Waals surface area (Å²) in [6, 6.07) is 4.09. The Morgan fingerprint density at radius 2 is 2.21 bits per heavy atom. The first-order chi connectivity index (χ1) is 6.57. The Hall–Kier alpha value is -1.62. The Bertz CT molecular complexity index is 392. The molecular weight excluding hydrogens is 208 g/mol. The molecule has 0 aromatic heterocycles. The highest BCUT2D eigenvalue weighted by atomic mass is 35.5. The van der Waals surface area contributed by atoms with Gasteiger partial charge in [-0.25, -0.2) is 0 Å². The highest BCUT2D eigenvalue weighted by molar-refractivity contribution is 6.34. The van der Waals surface area contributed by atoms with Crippen molar-refractivity contribution < 1.29 is 9.72 Å². The number of carbonyl (C=O) groups is 1. The van der Waals surface area contributed by atoms with Crippen LogP contribution >= 0.6 is 11.6 Å². The second-order valence-corrected chi connectivity index (χ2v) is 2.88. The fourth-order valence-electron chi connectivity index (χ4n) is 1.01. The van der Waals surface area contributed by atoms with Crippen LogP contribution in [0, 0.1) is 10.1 Å². The molecular formula is C8H7ClN2O3. The molecule has 1 N–H and O–H groups in total. The lowest BCUT2D eigenvalue weighted by Gasteiger charge is -2.02.